The zero-order valence-electron chi connectivity index (χ0n) is 9.88. The van der Waals surface area contributed by atoms with Crippen LogP contribution in [0, 0.1) is 0 Å². The molecule has 0 unspecified atom stereocenters. The molecule has 0 aliphatic heterocycles. The number of hydrogen-bond acceptors (Lipinski definition) is 3. The van der Waals surface area contributed by atoms with Crippen LogP contribution < -0.4 is 5.32 Å². The summed E-state index contributed by atoms with van der Waals surface area (Å²) in [6.07, 6.45) is 0. The highest BCUT2D eigenvalue weighted by Crippen LogP contribution is 2.16. The SMILES string of the molecule is COC(C)(C)CNC(=O)c1nc(Cl)ccc1Cl. The van der Waals surface area contributed by atoms with Crippen molar-refractivity contribution in [2.75, 3.05) is 13.7 Å². The first kappa shape index (κ1) is 14.2. The molecule has 94 valence electrons. The van der Waals surface area contributed by atoms with Crippen molar-refractivity contribution in [3.8, 4) is 0 Å². The van der Waals surface area contributed by atoms with E-state index in [1.165, 1.54) is 12.1 Å². The third-order valence-electron chi connectivity index (χ3n) is 2.25. The Labute approximate surface area is 110 Å². The summed E-state index contributed by atoms with van der Waals surface area (Å²) in [5.41, 5.74) is -0.327. The lowest BCUT2D eigenvalue weighted by atomic mass is 10.1. The van der Waals surface area contributed by atoms with E-state index in [1.54, 1.807) is 7.11 Å². The van der Waals surface area contributed by atoms with E-state index in [-0.39, 0.29) is 21.8 Å². The van der Waals surface area contributed by atoms with Gasteiger partial charge in [-0.1, -0.05) is 23.2 Å². The molecule has 0 saturated carbocycles. The number of pyridine rings is 1. The molecule has 0 saturated heterocycles. The summed E-state index contributed by atoms with van der Waals surface area (Å²) in [7, 11) is 1.58. The number of halogens is 2. The quantitative estimate of drug-likeness (QED) is 0.860. The van der Waals surface area contributed by atoms with Gasteiger partial charge in [-0.05, 0) is 26.0 Å². The lowest BCUT2D eigenvalue weighted by Crippen LogP contribution is -2.40. The number of methoxy groups -OCH3 is 1. The molecule has 0 atom stereocenters. The topological polar surface area (TPSA) is 51.2 Å². The molecule has 0 aliphatic carbocycles. The van der Waals surface area contributed by atoms with E-state index in [0.29, 0.717) is 6.54 Å². The van der Waals surface area contributed by atoms with Crippen LogP contribution in [0.4, 0.5) is 0 Å². The fourth-order valence-corrected chi connectivity index (χ4v) is 1.37. The largest absolute Gasteiger partial charge is 0.377 e. The van der Waals surface area contributed by atoms with E-state index >= 15 is 0 Å². The fraction of sp³-hybridized carbons (Fsp3) is 0.455. The summed E-state index contributed by atoms with van der Waals surface area (Å²) in [4.78, 5) is 15.7. The molecule has 1 aromatic heterocycles. The van der Waals surface area contributed by atoms with E-state index in [9.17, 15) is 4.79 Å². The van der Waals surface area contributed by atoms with Crippen LogP contribution in [-0.4, -0.2) is 30.1 Å². The van der Waals surface area contributed by atoms with Crippen molar-refractivity contribution in [3.05, 3.63) is 28.0 Å². The summed E-state index contributed by atoms with van der Waals surface area (Å²) in [5, 5.41) is 3.18. The van der Waals surface area contributed by atoms with E-state index < -0.39 is 5.60 Å². The summed E-state index contributed by atoms with van der Waals surface area (Å²) >= 11 is 11.6. The molecular formula is C11H14Cl2N2O2. The average Bonchev–Trinajstić information content (AvgIpc) is 2.29. The number of nitrogens with zero attached hydrogens (tertiary/aromatic N) is 1. The van der Waals surface area contributed by atoms with Crippen molar-refractivity contribution >= 4 is 29.1 Å². The molecule has 1 amide bonds. The average molecular weight is 277 g/mol. The standard InChI is InChI=1S/C11H14Cl2N2O2/c1-11(2,17-3)6-14-10(16)9-7(12)4-5-8(13)15-9/h4-5H,6H2,1-3H3,(H,14,16). The Morgan fingerprint density at radius 2 is 2.12 bits per heavy atom. The molecule has 1 aromatic rings. The van der Waals surface area contributed by atoms with Gasteiger partial charge in [-0.2, -0.15) is 0 Å². The Morgan fingerprint density at radius 3 is 2.71 bits per heavy atom. The zero-order chi connectivity index (χ0) is 13.1. The predicted molar refractivity (Wildman–Crippen MR) is 67.7 cm³/mol. The number of amides is 1. The minimum Gasteiger partial charge on any atom is -0.377 e. The van der Waals surface area contributed by atoms with Crippen LogP contribution in [0.15, 0.2) is 12.1 Å². The maximum Gasteiger partial charge on any atom is 0.271 e. The van der Waals surface area contributed by atoms with Crippen molar-refractivity contribution in [2.24, 2.45) is 0 Å². The smallest absolute Gasteiger partial charge is 0.271 e. The normalized spacial score (nSPS) is 11.4. The van der Waals surface area contributed by atoms with Crippen LogP contribution in [0.1, 0.15) is 24.3 Å². The highest BCUT2D eigenvalue weighted by molar-refractivity contribution is 6.34. The lowest BCUT2D eigenvalue weighted by molar-refractivity contribution is 0.0228. The molecule has 0 fully saturated rings. The second-order valence-electron chi connectivity index (χ2n) is 4.11. The summed E-state index contributed by atoms with van der Waals surface area (Å²) in [6.45, 7) is 4.08. The lowest BCUT2D eigenvalue weighted by Gasteiger charge is -2.23. The zero-order valence-corrected chi connectivity index (χ0v) is 11.4. The van der Waals surface area contributed by atoms with E-state index in [4.69, 9.17) is 27.9 Å². The number of aromatic nitrogens is 1. The minimum atomic E-state index is -0.444. The Bertz CT molecular complexity index is 422. The van der Waals surface area contributed by atoms with Crippen molar-refractivity contribution < 1.29 is 9.53 Å². The molecule has 0 radical (unpaired) electrons. The summed E-state index contributed by atoms with van der Waals surface area (Å²) in [6, 6.07) is 3.06. The Hall–Kier alpha value is -0.840. The van der Waals surface area contributed by atoms with E-state index in [1.807, 2.05) is 13.8 Å². The van der Waals surface area contributed by atoms with Gasteiger partial charge in [0.1, 0.15) is 10.8 Å². The van der Waals surface area contributed by atoms with Crippen LogP contribution in [0.2, 0.25) is 10.2 Å². The highest BCUT2D eigenvalue weighted by atomic mass is 35.5. The molecule has 0 spiro atoms. The van der Waals surface area contributed by atoms with E-state index in [2.05, 4.69) is 10.3 Å². The number of hydrogen-bond donors (Lipinski definition) is 1. The molecule has 1 heterocycles. The van der Waals surface area contributed by atoms with Gasteiger partial charge in [0, 0.05) is 13.7 Å². The molecule has 1 N–H and O–H groups in total. The monoisotopic (exact) mass is 276 g/mol. The van der Waals surface area contributed by atoms with Gasteiger partial charge in [0.2, 0.25) is 0 Å². The van der Waals surface area contributed by atoms with Gasteiger partial charge in [0.25, 0.3) is 5.91 Å². The van der Waals surface area contributed by atoms with Gasteiger partial charge >= 0.3 is 0 Å². The highest BCUT2D eigenvalue weighted by Gasteiger charge is 2.19. The van der Waals surface area contributed by atoms with Crippen molar-refractivity contribution in [1.82, 2.24) is 10.3 Å². The molecule has 4 nitrogen and oxygen atoms in total. The molecule has 0 aromatic carbocycles. The summed E-state index contributed by atoms with van der Waals surface area (Å²) in [5.74, 6) is -0.373. The second-order valence-corrected chi connectivity index (χ2v) is 4.91. The molecular weight excluding hydrogens is 263 g/mol. The number of rotatable bonds is 4. The van der Waals surface area contributed by atoms with Gasteiger partial charge in [-0.15, -0.1) is 0 Å². The minimum absolute atomic E-state index is 0.117. The molecule has 0 bridgehead atoms. The van der Waals surface area contributed by atoms with Gasteiger partial charge in [-0.3, -0.25) is 4.79 Å². The van der Waals surface area contributed by atoms with Crippen LogP contribution in [0.25, 0.3) is 0 Å². The Balaban J connectivity index is 2.74. The van der Waals surface area contributed by atoms with E-state index in [0.717, 1.165) is 0 Å². The number of ether oxygens (including phenoxy) is 1. The molecule has 6 heteroatoms. The summed E-state index contributed by atoms with van der Waals surface area (Å²) < 4.78 is 5.18. The fourth-order valence-electron chi connectivity index (χ4n) is 1.03. The first-order valence-electron chi connectivity index (χ1n) is 5.01. The molecule has 17 heavy (non-hydrogen) atoms. The van der Waals surface area contributed by atoms with Crippen LogP contribution in [-0.2, 0) is 4.74 Å². The van der Waals surface area contributed by atoms with Crippen LogP contribution in [0.5, 0.6) is 0 Å². The number of carbonyl (C=O) groups excluding carboxylic acids is 1. The van der Waals surface area contributed by atoms with Gasteiger partial charge in [-0.25, -0.2) is 4.98 Å². The van der Waals surface area contributed by atoms with Crippen molar-refractivity contribution in [3.63, 3.8) is 0 Å². The Kier molecular flexibility index (Phi) is 4.74. The maximum absolute atomic E-state index is 11.8. The van der Waals surface area contributed by atoms with Gasteiger partial charge in [0.05, 0.1) is 10.6 Å². The number of carbonyl (C=O) groups is 1. The van der Waals surface area contributed by atoms with Crippen molar-refractivity contribution in [2.45, 2.75) is 19.4 Å². The third kappa shape index (κ3) is 4.15. The maximum atomic E-state index is 11.8. The first-order chi connectivity index (χ1) is 7.85. The predicted octanol–water partition coefficient (Wildman–Crippen LogP) is 2.54. The second kappa shape index (κ2) is 5.67. The van der Waals surface area contributed by atoms with Gasteiger partial charge < -0.3 is 10.1 Å². The Morgan fingerprint density at radius 1 is 1.47 bits per heavy atom. The van der Waals surface area contributed by atoms with Crippen LogP contribution in [0.3, 0.4) is 0 Å². The number of nitrogens with one attached hydrogen (secondary N) is 1. The molecule has 0 aliphatic rings. The molecule has 1 rings (SSSR count). The third-order valence-corrected chi connectivity index (χ3v) is 2.77. The van der Waals surface area contributed by atoms with Gasteiger partial charge in [0.15, 0.2) is 0 Å². The van der Waals surface area contributed by atoms with Crippen molar-refractivity contribution in [1.29, 1.82) is 0 Å². The first-order valence-corrected chi connectivity index (χ1v) is 5.77. The van der Waals surface area contributed by atoms with Crippen LogP contribution >= 0.6 is 23.2 Å².